The lowest BCUT2D eigenvalue weighted by atomic mass is 10.1. The van der Waals surface area contributed by atoms with Crippen molar-refractivity contribution in [1.29, 1.82) is 0 Å². The molecule has 0 saturated heterocycles. The zero-order valence-corrected chi connectivity index (χ0v) is 17.4. The maximum atomic E-state index is 13.2. The number of sulfone groups is 1. The van der Waals surface area contributed by atoms with Crippen LogP contribution in [-0.4, -0.2) is 26.5 Å². The topological polar surface area (TPSA) is 85.4 Å². The van der Waals surface area contributed by atoms with Gasteiger partial charge in [-0.2, -0.15) is 0 Å². The molecule has 0 radical (unpaired) electrons. The fourth-order valence-corrected chi connectivity index (χ4v) is 5.87. The van der Waals surface area contributed by atoms with Crippen LogP contribution in [0.5, 0.6) is 0 Å². The molecule has 2 aromatic heterocycles. The minimum absolute atomic E-state index is 0.0235. The van der Waals surface area contributed by atoms with E-state index < -0.39 is 15.9 Å². The smallest absolute Gasteiger partial charge is 0.407 e. The van der Waals surface area contributed by atoms with Crippen molar-refractivity contribution < 1.29 is 17.9 Å². The molecule has 0 saturated carbocycles. The Kier molecular flexibility index (Phi) is 5.93. The lowest BCUT2D eigenvalue weighted by Gasteiger charge is -2.07. The minimum Gasteiger partial charge on any atom is -0.444 e. The van der Waals surface area contributed by atoms with E-state index in [9.17, 15) is 13.2 Å². The standard InChI is InChI=1S/C18H15BrN2O4S2/c1-20-18(22)25-11-12-9-15(14-6-2-3-7-16(14)19)17(26-12)27(23,24)13-5-4-8-21-10-13/h2-10H,11H2,1H3,(H,20,22). The Bertz CT molecular complexity index is 1070. The number of hydrogen-bond acceptors (Lipinski definition) is 6. The van der Waals surface area contributed by atoms with Crippen molar-refractivity contribution in [3.05, 3.63) is 64.2 Å². The fraction of sp³-hybridized carbons (Fsp3) is 0.111. The van der Waals surface area contributed by atoms with E-state index in [1.807, 2.05) is 24.3 Å². The van der Waals surface area contributed by atoms with Crippen LogP contribution >= 0.6 is 27.3 Å². The number of halogens is 1. The molecule has 27 heavy (non-hydrogen) atoms. The Balaban J connectivity index is 2.12. The number of rotatable bonds is 5. The molecule has 0 aliphatic rings. The molecule has 9 heteroatoms. The fourth-order valence-electron chi connectivity index (χ4n) is 2.38. The summed E-state index contributed by atoms with van der Waals surface area (Å²) in [5, 5.41) is 2.36. The first kappa shape index (κ1) is 19.5. The number of nitrogens with zero attached hydrogens (tertiary/aromatic N) is 1. The molecule has 0 unspecified atom stereocenters. The monoisotopic (exact) mass is 466 g/mol. The average Bonchev–Trinajstić information content (AvgIpc) is 3.12. The highest BCUT2D eigenvalue weighted by molar-refractivity contribution is 9.10. The van der Waals surface area contributed by atoms with Crippen molar-refractivity contribution in [3.8, 4) is 11.1 Å². The van der Waals surface area contributed by atoms with Crippen LogP contribution < -0.4 is 5.32 Å². The molecule has 1 amide bonds. The number of aromatic nitrogens is 1. The van der Waals surface area contributed by atoms with Gasteiger partial charge in [0, 0.05) is 34.4 Å². The number of carbonyl (C=O) groups excluding carboxylic acids is 1. The molecule has 0 aliphatic carbocycles. The predicted molar refractivity (Wildman–Crippen MR) is 106 cm³/mol. The van der Waals surface area contributed by atoms with E-state index in [1.54, 1.807) is 12.1 Å². The summed E-state index contributed by atoms with van der Waals surface area (Å²) >= 11 is 4.55. The Labute approximate surface area is 169 Å². The normalized spacial score (nSPS) is 11.2. The van der Waals surface area contributed by atoms with Gasteiger partial charge in [-0.3, -0.25) is 4.98 Å². The van der Waals surface area contributed by atoms with Crippen LogP contribution in [0.2, 0.25) is 0 Å². The summed E-state index contributed by atoms with van der Waals surface area (Å²) in [5.74, 6) is 0. The second kappa shape index (κ2) is 8.20. The van der Waals surface area contributed by atoms with Crippen LogP contribution in [0.3, 0.4) is 0 Å². The number of nitrogens with one attached hydrogen (secondary N) is 1. The average molecular weight is 467 g/mol. The number of hydrogen-bond donors (Lipinski definition) is 1. The van der Waals surface area contributed by atoms with Gasteiger partial charge in [-0.25, -0.2) is 13.2 Å². The molecule has 140 valence electrons. The second-order valence-electron chi connectivity index (χ2n) is 5.41. The Morgan fingerprint density at radius 3 is 2.67 bits per heavy atom. The summed E-state index contributed by atoms with van der Waals surface area (Å²) in [6.45, 7) is -0.0235. The highest BCUT2D eigenvalue weighted by Gasteiger charge is 2.26. The molecular weight excluding hydrogens is 452 g/mol. The van der Waals surface area contributed by atoms with Gasteiger partial charge in [-0.15, -0.1) is 11.3 Å². The molecule has 2 heterocycles. The maximum absolute atomic E-state index is 13.2. The summed E-state index contributed by atoms with van der Waals surface area (Å²) in [4.78, 5) is 16.0. The zero-order chi connectivity index (χ0) is 19.4. The van der Waals surface area contributed by atoms with E-state index in [0.29, 0.717) is 10.4 Å². The van der Waals surface area contributed by atoms with E-state index in [2.05, 4.69) is 26.2 Å². The lowest BCUT2D eigenvalue weighted by molar-refractivity contribution is 0.143. The van der Waals surface area contributed by atoms with Crippen LogP contribution in [0.1, 0.15) is 4.88 Å². The summed E-state index contributed by atoms with van der Waals surface area (Å²) < 4.78 is 32.4. The van der Waals surface area contributed by atoms with Crippen molar-refractivity contribution in [2.24, 2.45) is 0 Å². The lowest BCUT2D eigenvalue weighted by Crippen LogP contribution is -2.18. The van der Waals surface area contributed by atoms with Gasteiger partial charge < -0.3 is 10.1 Å². The third-order valence-corrected chi connectivity index (χ3v) is 7.72. The number of benzene rings is 1. The van der Waals surface area contributed by atoms with Gasteiger partial charge in [-0.05, 0) is 29.8 Å². The van der Waals surface area contributed by atoms with Crippen molar-refractivity contribution in [2.75, 3.05) is 7.05 Å². The van der Waals surface area contributed by atoms with Gasteiger partial charge in [0.15, 0.2) is 0 Å². The molecule has 3 rings (SSSR count). The van der Waals surface area contributed by atoms with Gasteiger partial charge in [0.25, 0.3) is 0 Å². The summed E-state index contributed by atoms with van der Waals surface area (Å²) in [6, 6.07) is 12.2. The van der Waals surface area contributed by atoms with Crippen molar-refractivity contribution >= 4 is 43.2 Å². The first-order valence-electron chi connectivity index (χ1n) is 7.80. The Morgan fingerprint density at radius 1 is 1.22 bits per heavy atom. The molecule has 3 aromatic rings. The van der Waals surface area contributed by atoms with Crippen LogP contribution in [0.25, 0.3) is 11.1 Å². The van der Waals surface area contributed by atoms with Gasteiger partial charge in [0.2, 0.25) is 9.84 Å². The molecule has 0 fully saturated rings. The number of thiophene rings is 1. The highest BCUT2D eigenvalue weighted by atomic mass is 79.9. The molecular formula is C18H15BrN2O4S2. The van der Waals surface area contributed by atoms with Crippen LogP contribution in [0.15, 0.2) is 68.4 Å². The van der Waals surface area contributed by atoms with Crippen LogP contribution in [0, 0.1) is 0 Å². The van der Waals surface area contributed by atoms with E-state index >= 15 is 0 Å². The molecule has 0 bridgehead atoms. The maximum Gasteiger partial charge on any atom is 0.407 e. The van der Waals surface area contributed by atoms with Gasteiger partial charge in [0.05, 0.1) is 4.90 Å². The van der Waals surface area contributed by atoms with Gasteiger partial charge in [0.1, 0.15) is 10.8 Å². The van der Waals surface area contributed by atoms with E-state index in [4.69, 9.17) is 4.74 Å². The molecule has 6 nitrogen and oxygen atoms in total. The van der Waals surface area contributed by atoms with Gasteiger partial charge in [-0.1, -0.05) is 34.1 Å². The number of pyridine rings is 1. The number of carbonyl (C=O) groups is 1. The first-order chi connectivity index (χ1) is 12.9. The van der Waals surface area contributed by atoms with Crippen molar-refractivity contribution in [2.45, 2.75) is 15.7 Å². The second-order valence-corrected chi connectivity index (χ2v) is 9.55. The predicted octanol–water partition coefficient (Wildman–Crippen LogP) is 4.26. The quantitative estimate of drug-likeness (QED) is 0.606. The van der Waals surface area contributed by atoms with Crippen LogP contribution in [0.4, 0.5) is 4.79 Å². The number of alkyl carbamates (subject to hydrolysis) is 1. The van der Waals surface area contributed by atoms with E-state index in [0.717, 1.165) is 21.4 Å². The zero-order valence-electron chi connectivity index (χ0n) is 14.2. The van der Waals surface area contributed by atoms with Crippen molar-refractivity contribution in [3.63, 3.8) is 0 Å². The number of amides is 1. The molecule has 1 aromatic carbocycles. The molecule has 0 aliphatic heterocycles. The number of ether oxygens (including phenoxy) is 1. The summed E-state index contributed by atoms with van der Waals surface area (Å²) in [6.07, 6.45) is 2.26. The van der Waals surface area contributed by atoms with E-state index in [1.165, 1.54) is 25.5 Å². The molecule has 0 atom stereocenters. The largest absolute Gasteiger partial charge is 0.444 e. The summed E-state index contributed by atoms with van der Waals surface area (Å²) in [5.41, 5.74) is 1.29. The summed E-state index contributed by atoms with van der Waals surface area (Å²) in [7, 11) is -2.32. The first-order valence-corrected chi connectivity index (χ1v) is 10.9. The molecule has 1 N–H and O–H groups in total. The van der Waals surface area contributed by atoms with Crippen LogP contribution in [-0.2, 0) is 21.2 Å². The Morgan fingerprint density at radius 2 is 2.00 bits per heavy atom. The van der Waals surface area contributed by atoms with Gasteiger partial charge >= 0.3 is 6.09 Å². The third kappa shape index (κ3) is 4.20. The van der Waals surface area contributed by atoms with E-state index in [-0.39, 0.29) is 15.7 Å². The Hall–Kier alpha value is -2.23. The van der Waals surface area contributed by atoms with Crippen molar-refractivity contribution in [1.82, 2.24) is 10.3 Å². The molecule has 0 spiro atoms. The minimum atomic E-state index is -3.78. The third-order valence-electron chi connectivity index (χ3n) is 3.65. The SMILES string of the molecule is CNC(=O)OCc1cc(-c2ccccc2Br)c(S(=O)(=O)c2cccnc2)s1. The highest BCUT2D eigenvalue weighted by Crippen LogP contribution is 2.41.